The van der Waals surface area contributed by atoms with Gasteiger partial charge in [-0.2, -0.15) is 0 Å². The predicted octanol–water partition coefficient (Wildman–Crippen LogP) is 2.96. The lowest BCUT2D eigenvalue weighted by molar-refractivity contribution is 0.370. The number of ether oxygens (including phenoxy) is 1. The molecule has 0 saturated carbocycles. The van der Waals surface area contributed by atoms with Gasteiger partial charge in [-0.25, -0.2) is 0 Å². The first kappa shape index (κ1) is 16.5. The molecule has 0 radical (unpaired) electrons. The van der Waals surface area contributed by atoms with Crippen molar-refractivity contribution in [3.63, 3.8) is 0 Å². The van der Waals surface area contributed by atoms with E-state index in [-0.39, 0.29) is 29.9 Å². The third kappa shape index (κ3) is 3.29. The highest BCUT2D eigenvalue weighted by Crippen LogP contribution is 2.35. The highest BCUT2D eigenvalue weighted by atomic mass is 35.5. The fourth-order valence-corrected chi connectivity index (χ4v) is 2.87. The SMILES string of the molecule is COc1cc2c(cc1O)[C@H](Cc1ccc(O)cc1)NCC2.Cl. The van der Waals surface area contributed by atoms with Crippen molar-refractivity contribution >= 4 is 12.4 Å². The van der Waals surface area contributed by atoms with Gasteiger partial charge in [-0.05, 0) is 60.3 Å². The number of phenols is 2. The van der Waals surface area contributed by atoms with Crippen LogP contribution < -0.4 is 10.1 Å². The first-order valence-corrected chi connectivity index (χ1v) is 7.08. The molecule has 0 spiro atoms. The second kappa shape index (κ2) is 6.90. The molecule has 4 nitrogen and oxygen atoms in total. The molecule has 2 aromatic rings. The Morgan fingerprint density at radius 3 is 2.59 bits per heavy atom. The molecule has 3 rings (SSSR count). The zero-order chi connectivity index (χ0) is 14.8. The highest BCUT2D eigenvalue weighted by molar-refractivity contribution is 5.85. The number of benzene rings is 2. The van der Waals surface area contributed by atoms with E-state index in [1.807, 2.05) is 18.2 Å². The maximum atomic E-state index is 10.0. The number of fused-ring (bicyclic) bond motifs is 1. The molecule has 2 aromatic carbocycles. The standard InChI is InChI=1S/C17H19NO3.ClH/c1-21-17-9-12-6-7-18-15(14(12)10-16(17)20)8-11-2-4-13(19)5-3-11;/h2-5,9-10,15,18-20H,6-8H2,1H3;1H/t15-;/m0./s1. The Labute approximate surface area is 136 Å². The van der Waals surface area contributed by atoms with Gasteiger partial charge in [0.1, 0.15) is 5.75 Å². The first-order chi connectivity index (χ1) is 10.2. The molecule has 118 valence electrons. The van der Waals surface area contributed by atoms with Crippen LogP contribution in [0.4, 0.5) is 0 Å². The van der Waals surface area contributed by atoms with Crippen LogP contribution in [0.5, 0.6) is 17.2 Å². The van der Waals surface area contributed by atoms with Crippen LogP contribution in [0.25, 0.3) is 0 Å². The van der Waals surface area contributed by atoms with Gasteiger partial charge >= 0.3 is 0 Å². The normalized spacial score (nSPS) is 16.5. The van der Waals surface area contributed by atoms with Crippen LogP contribution in [0.1, 0.15) is 22.7 Å². The lowest BCUT2D eigenvalue weighted by Crippen LogP contribution is -2.31. The Morgan fingerprint density at radius 2 is 1.91 bits per heavy atom. The molecule has 0 amide bonds. The summed E-state index contributed by atoms with van der Waals surface area (Å²) >= 11 is 0. The van der Waals surface area contributed by atoms with Crippen LogP contribution in [-0.4, -0.2) is 23.9 Å². The van der Waals surface area contributed by atoms with Gasteiger partial charge in [0.2, 0.25) is 0 Å². The summed E-state index contributed by atoms with van der Waals surface area (Å²) in [6, 6.07) is 11.1. The zero-order valence-electron chi connectivity index (χ0n) is 12.4. The molecule has 1 aliphatic heterocycles. The van der Waals surface area contributed by atoms with E-state index >= 15 is 0 Å². The van der Waals surface area contributed by atoms with Crippen molar-refractivity contribution in [2.45, 2.75) is 18.9 Å². The van der Waals surface area contributed by atoms with Gasteiger partial charge in [-0.3, -0.25) is 0 Å². The van der Waals surface area contributed by atoms with Gasteiger partial charge in [0.05, 0.1) is 7.11 Å². The molecular formula is C17H20ClNO3. The number of halogens is 1. The lowest BCUT2D eigenvalue weighted by Gasteiger charge is -2.28. The lowest BCUT2D eigenvalue weighted by atomic mass is 9.90. The van der Waals surface area contributed by atoms with Crippen LogP contribution >= 0.6 is 12.4 Å². The molecule has 0 fully saturated rings. The quantitative estimate of drug-likeness (QED) is 0.813. The number of nitrogens with one attached hydrogen (secondary N) is 1. The molecular weight excluding hydrogens is 302 g/mol. The summed E-state index contributed by atoms with van der Waals surface area (Å²) in [6.07, 6.45) is 1.75. The Morgan fingerprint density at radius 1 is 1.18 bits per heavy atom. The molecule has 5 heteroatoms. The van der Waals surface area contributed by atoms with Gasteiger partial charge in [0.25, 0.3) is 0 Å². The third-order valence-corrected chi connectivity index (χ3v) is 3.98. The van der Waals surface area contributed by atoms with Crippen LogP contribution in [0.3, 0.4) is 0 Å². The monoisotopic (exact) mass is 321 g/mol. The molecule has 1 heterocycles. The molecule has 0 bridgehead atoms. The first-order valence-electron chi connectivity index (χ1n) is 7.08. The van der Waals surface area contributed by atoms with Crippen molar-refractivity contribution in [2.24, 2.45) is 0 Å². The van der Waals surface area contributed by atoms with E-state index in [2.05, 4.69) is 5.32 Å². The second-order valence-corrected chi connectivity index (χ2v) is 5.35. The topological polar surface area (TPSA) is 61.7 Å². The second-order valence-electron chi connectivity index (χ2n) is 5.35. The van der Waals surface area contributed by atoms with Crippen LogP contribution in [-0.2, 0) is 12.8 Å². The fourth-order valence-electron chi connectivity index (χ4n) is 2.87. The van der Waals surface area contributed by atoms with E-state index < -0.39 is 0 Å². The van der Waals surface area contributed by atoms with Gasteiger partial charge < -0.3 is 20.3 Å². The summed E-state index contributed by atoms with van der Waals surface area (Å²) in [4.78, 5) is 0. The molecule has 3 N–H and O–H groups in total. The number of aromatic hydroxyl groups is 2. The van der Waals surface area contributed by atoms with E-state index in [0.29, 0.717) is 5.75 Å². The van der Waals surface area contributed by atoms with Gasteiger partial charge in [0.15, 0.2) is 11.5 Å². The maximum Gasteiger partial charge on any atom is 0.160 e. The predicted molar refractivity (Wildman–Crippen MR) is 88.2 cm³/mol. The van der Waals surface area contributed by atoms with Crippen LogP contribution in [0.15, 0.2) is 36.4 Å². The Kier molecular flexibility index (Phi) is 5.16. The molecule has 1 aliphatic rings. The Bertz CT molecular complexity index is 643. The van der Waals surface area contributed by atoms with E-state index in [4.69, 9.17) is 4.74 Å². The van der Waals surface area contributed by atoms with E-state index in [0.717, 1.165) is 30.5 Å². The van der Waals surface area contributed by atoms with Gasteiger partial charge in [0, 0.05) is 6.04 Å². The van der Waals surface area contributed by atoms with Gasteiger partial charge in [-0.1, -0.05) is 12.1 Å². The summed E-state index contributed by atoms with van der Waals surface area (Å²) in [6.45, 7) is 0.906. The number of hydrogen-bond donors (Lipinski definition) is 3. The molecule has 22 heavy (non-hydrogen) atoms. The summed E-state index contributed by atoms with van der Waals surface area (Å²) in [5.41, 5.74) is 3.48. The minimum absolute atomic E-state index is 0. The highest BCUT2D eigenvalue weighted by Gasteiger charge is 2.22. The van der Waals surface area contributed by atoms with Crippen molar-refractivity contribution in [3.05, 3.63) is 53.1 Å². The van der Waals surface area contributed by atoms with E-state index in [9.17, 15) is 10.2 Å². The summed E-state index contributed by atoms with van der Waals surface area (Å²) in [5, 5.41) is 22.8. The minimum atomic E-state index is 0. The largest absolute Gasteiger partial charge is 0.508 e. The van der Waals surface area contributed by atoms with Crippen LogP contribution in [0, 0.1) is 0 Å². The van der Waals surface area contributed by atoms with Crippen molar-refractivity contribution < 1.29 is 14.9 Å². The molecule has 1 atom stereocenters. The molecule has 0 aromatic heterocycles. The number of phenolic OH excluding ortho intramolecular Hbond substituents is 2. The van der Waals surface area contributed by atoms with Crippen molar-refractivity contribution in [2.75, 3.05) is 13.7 Å². The Balaban J connectivity index is 0.00000176. The average Bonchev–Trinajstić information content (AvgIpc) is 2.49. The third-order valence-electron chi connectivity index (χ3n) is 3.98. The summed E-state index contributed by atoms with van der Waals surface area (Å²) in [5.74, 6) is 0.979. The van der Waals surface area contributed by atoms with Crippen molar-refractivity contribution in [3.8, 4) is 17.2 Å². The minimum Gasteiger partial charge on any atom is -0.508 e. The maximum absolute atomic E-state index is 10.0. The van der Waals surface area contributed by atoms with Gasteiger partial charge in [-0.15, -0.1) is 12.4 Å². The summed E-state index contributed by atoms with van der Waals surface area (Å²) < 4.78 is 5.18. The molecule has 0 aliphatic carbocycles. The number of rotatable bonds is 3. The Hall–Kier alpha value is -1.91. The smallest absolute Gasteiger partial charge is 0.160 e. The van der Waals surface area contributed by atoms with Crippen molar-refractivity contribution in [1.82, 2.24) is 5.32 Å². The molecule has 0 unspecified atom stereocenters. The number of methoxy groups -OCH3 is 1. The van der Waals surface area contributed by atoms with Crippen LogP contribution in [0.2, 0.25) is 0 Å². The summed E-state index contributed by atoms with van der Waals surface area (Å²) in [7, 11) is 1.57. The van der Waals surface area contributed by atoms with Crippen molar-refractivity contribution in [1.29, 1.82) is 0 Å². The fraction of sp³-hybridized carbons (Fsp3) is 0.294. The van der Waals surface area contributed by atoms with E-state index in [1.165, 1.54) is 5.56 Å². The van der Waals surface area contributed by atoms with E-state index in [1.54, 1.807) is 25.3 Å². The zero-order valence-corrected chi connectivity index (χ0v) is 13.2. The molecule has 0 saturated heterocycles. The number of hydrogen-bond acceptors (Lipinski definition) is 4. The average molecular weight is 322 g/mol.